The molecule has 2 N–H and O–H groups in total. The van der Waals surface area contributed by atoms with Gasteiger partial charge in [0.2, 0.25) is 0 Å². The Morgan fingerprint density at radius 1 is 1.15 bits per heavy atom. The largest absolute Gasteiger partial charge is 0.416 e. The second-order valence-electron chi connectivity index (χ2n) is 9.26. The minimum Gasteiger partial charge on any atom is -0.383 e. The second-order valence-corrected chi connectivity index (χ2v) is 11.9. The number of sulfone groups is 1. The van der Waals surface area contributed by atoms with Crippen molar-refractivity contribution in [1.82, 2.24) is 34.1 Å². The Balaban J connectivity index is 1.40. The van der Waals surface area contributed by atoms with E-state index in [0.717, 1.165) is 9.25 Å². The lowest BCUT2D eigenvalue weighted by Crippen LogP contribution is -2.40. The highest BCUT2D eigenvalue weighted by Crippen LogP contribution is 2.25. The van der Waals surface area contributed by atoms with Crippen LogP contribution in [-0.2, 0) is 22.9 Å². The Labute approximate surface area is 230 Å². The van der Waals surface area contributed by atoms with Crippen molar-refractivity contribution in [3.05, 3.63) is 70.4 Å². The number of rotatable bonds is 9. The van der Waals surface area contributed by atoms with Gasteiger partial charge >= 0.3 is 11.9 Å². The van der Waals surface area contributed by atoms with Crippen LogP contribution in [0.15, 0.2) is 53.8 Å². The summed E-state index contributed by atoms with van der Waals surface area (Å²) in [5, 5.41) is 21.8. The second kappa shape index (κ2) is 10.7. The predicted molar refractivity (Wildman–Crippen MR) is 138 cm³/mol. The molecule has 0 unspecified atom stereocenters. The molecule has 3 aromatic heterocycles. The van der Waals surface area contributed by atoms with E-state index < -0.39 is 34.4 Å². The van der Waals surface area contributed by atoms with Gasteiger partial charge in [0.25, 0.3) is 0 Å². The molecule has 0 amide bonds. The number of aromatic nitrogens is 7. The van der Waals surface area contributed by atoms with Gasteiger partial charge < -0.3 is 10.4 Å². The van der Waals surface area contributed by atoms with Gasteiger partial charge in [-0.05, 0) is 30.3 Å². The first-order valence-electron chi connectivity index (χ1n) is 11.9. The van der Waals surface area contributed by atoms with Crippen LogP contribution in [0.4, 0.5) is 18.9 Å². The highest BCUT2D eigenvalue weighted by atomic mass is 35.5. The number of halogens is 4. The Morgan fingerprint density at radius 2 is 1.88 bits per heavy atom. The highest BCUT2D eigenvalue weighted by Gasteiger charge is 2.39. The topological polar surface area (TPSA) is 150 Å². The molecule has 212 valence electrons. The third kappa shape index (κ3) is 6.03. The molecule has 40 heavy (non-hydrogen) atoms. The molecule has 0 radical (unpaired) electrons. The molecule has 4 aromatic rings. The number of hydrogen-bond acceptors (Lipinski definition) is 9. The minimum absolute atomic E-state index is 0.00925. The van der Waals surface area contributed by atoms with Crippen LogP contribution in [0.3, 0.4) is 0 Å². The molecule has 1 aliphatic heterocycles. The fraction of sp³-hybridized carbons (Fsp3) is 0.348. The molecule has 12 nitrogen and oxygen atoms in total. The van der Waals surface area contributed by atoms with Gasteiger partial charge in [-0.3, -0.25) is 9.55 Å². The molecule has 1 atom stereocenters. The maximum Gasteiger partial charge on any atom is 0.416 e. The van der Waals surface area contributed by atoms with Gasteiger partial charge in [0.15, 0.2) is 27.6 Å². The maximum atomic E-state index is 13.1. The van der Waals surface area contributed by atoms with E-state index >= 15 is 0 Å². The summed E-state index contributed by atoms with van der Waals surface area (Å²) in [6.45, 7) is -0.901. The van der Waals surface area contributed by atoms with E-state index in [0.29, 0.717) is 28.5 Å². The molecule has 1 aliphatic rings. The number of anilines is 1. The maximum absolute atomic E-state index is 13.1. The van der Waals surface area contributed by atoms with Gasteiger partial charge in [-0.2, -0.15) is 13.2 Å². The molecular formula is C23H22ClF3N8O4S. The van der Waals surface area contributed by atoms with Crippen molar-refractivity contribution in [1.29, 1.82) is 0 Å². The molecule has 0 bridgehead atoms. The molecule has 1 fully saturated rings. The normalized spacial score (nSPS) is 16.0. The monoisotopic (exact) mass is 598 g/mol. The van der Waals surface area contributed by atoms with Gasteiger partial charge in [-0.15, -0.1) is 10.2 Å². The van der Waals surface area contributed by atoms with Crippen LogP contribution in [0.25, 0.3) is 17.1 Å². The fourth-order valence-corrected chi connectivity index (χ4v) is 5.88. The van der Waals surface area contributed by atoms with E-state index in [4.69, 9.17) is 11.6 Å². The summed E-state index contributed by atoms with van der Waals surface area (Å²) < 4.78 is 65.2. The van der Waals surface area contributed by atoms with Crippen LogP contribution < -0.4 is 11.0 Å². The smallest absolute Gasteiger partial charge is 0.383 e. The zero-order chi connectivity index (χ0) is 28.7. The van der Waals surface area contributed by atoms with E-state index in [-0.39, 0.29) is 35.6 Å². The van der Waals surface area contributed by atoms with Crippen molar-refractivity contribution in [3.63, 3.8) is 0 Å². The van der Waals surface area contributed by atoms with Crippen molar-refractivity contribution < 1.29 is 26.7 Å². The van der Waals surface area contributed by atoms with Crippen molar-refractivity contribution in [3.8, 4) is 17.1 Å². The zero-order valence-corrected chi connectivity index (χ0v) is 22.1. The number of aliphatic hydroxyl groups excluding tert-OH is 1. The summed E-state index contributed by atoms with van der Waals surface area (Å²) in [6.07, 6.45) is -3.28. The van der Waals surface area contributed by atoms with E-state index in [1.165, 1.54) is 41.5 Å². The quantitative estimate of drug-likeness (QED) is 0.294. The zero-order valence-electron chi connectivity index (χ0n) is 20.5. The summed E-state index contributed by atoms with van der Waals surface area (Å²) in [7, 11) is -2.95. The lowest BCUT2D eigenvalue weighted by Gasteiger charge is -2.26. The van der Waals surface area contributed by atoms with Crippen molar-refractivity contribution >= 4 is 27.1 Å². The summed E-state index contributed by atoms with van der Waals surface area (Å²) >= 11 is 5.91. The first kappa shape index (κ1) is 27.8. The third-order valence-corrected chi connectivity index (χ3v) is 8.41. The molecule has 17 heteroatoms. The first-order chi connectivity index (χ1) is 18.9. The molecule has 1 aromatic carbocycles. The van der Waals surface area contributed by atoms with Crippen LogP contribution in [0.1, 0.15) is 5.82 Å². The number of benzene rings is 1. The number of hydrogen-bond donors (Lipinski definition) is 2. The van der Waals surface area contributed by atoms with Crippen molar-refractivity contribution in [2.75, 3.05) is 23.4 Å². The molecule has 0 spiro atoms. The number of nitrogens with one attached hydrogen (secondary N) is 1. The Hall–Kier alpha value is -3.76. The lowest BCUT2D eigenvalue weighted by molar-refractivity contribution is -0.207. The van der Waals surface area contributed by atoms with Crippen LogP contribution >= 0.6 is 11.6 Å². The Bertz CT molecular complexity index is 1670. The van der Waals surface area contributed by atoms with Gasteiger partial charge in [-0.1, -0.05) is 11.6 Å². The van der Waals surface area contributed by atoms with Crippen molar-refractivity contribution in [2.24, 2.45) is 5.92 Å². The third-order valence-electron chi connectivity index (χ3n) is 6.20. The van der Waals surface area contributed by atoms with E-state index in [1.807, 2.05) is 0 Å². The summed E-state index contributed by atoms with van der Waals surface area (Å²) in [6, 6.07) is 7.68. The lowest BCUT2D eigenvalue weighted by atomic mass is 10.2. The highest BCUT2D eigenvalue weighted by molar-refractivity contribution is 7.92. The molecule has 4 heterocycles. The van der Waals surface area contributed by atoms with Gasteiger partial charge in [0.05, 0.1) is 29.9 Å². The van der Waals surface area contributed by atoms with Crippen molar-refractivity contribution in [2.45, 2.75) is 25.4 Å². The van der Waals surface area contributed by atoms with E-state index in [1.54, 1.807) is 12.3 Å². The minimum atomic E-state index is -4.94. The van der Waals surface area contributed by atoms with Gasteiger partial charge in [0, 0.05) is 29.2 Å². The number of nitrogens with zero attached hydrogens (tertiary/aromatic N) is 7. The summed E-state index contributed by atoms with van der Waals surface area (Å²) in [5.74, 6) is 0.262. The average Bonchev–Trinajstić information content (AvgIpc) is 3.47. The van der Waals surface area contributed by atoms with Gasteiger partial charge in [-0.25, -0.2) is 27.6 Å². The SMILES string of the molecule is O=c1n(Cc2ncn(-c3cnccc3NCC3CS(=O)(=O)C3)n2)nc(-c2ccc(Cl)cc2)n1C[C@H](O)C(F)(F)F. The summed E-state index contributed by atoms with van der Waals surface area (Å²) in [5.41, 5.74) is 0.557. The molecule has 5 rings (SSSR count). The van der Waals surface area contributed by atoms with Gasteiger partial charge in [0.1, 0.15) is 18.6 Å². The summed E-state index contributed by atoms with van der Waals surface area (Å²) in [4.78, 5) is 21.4. The molecule has 1 saturated heterocycles. The predicted octanol–water partition coefficient (Wildman–Crippen LogP) is 1.77. The molecule has 0 aliphatic carbocycles. The average molecular weight is 599 g/mol. The first-order valence-corrected chi connectivity index (χ1v) is 14.1. The van der Waals surface area contributed by atoms with Crippen LogP contribution in [0.5, 0.6) is 0 Å². The Kier molecular flexibility index (Phi) is 7.41. The molecule has 0 saturated carbocycles. The van der Waals surface area contributed by atoms with Crippen LogP contribution in [0.2, 0.25) is 5.02 Å². The van der Waals surface area contributed by atoms with Crippen LogP contribution in [0, 0.1) is 5.92 Å². The standard InChI is InChI=1S/C23H22ClF3N8O4S/c24-16-3-1-15(2-4-16)21-32-34(22(37)33(21)9-19(36)23(25,26)27)10-20-30-13-35(31-20)18-8-28-6-5-17(18)29-7-14-11-40(38,39)12-14/h1-6,8,13-14,19,36H,7,9-12H2,(H,28,29)/t19-/m0/s1. The molecular weight excluding hydrogens is 577 g/mol. The Morgan fingerprint density at radius 3 is 2.55 bits per heavy atom. The number of pyridine rings is 1. The number of alkyl halides is 3. The number of aliphatic hydroxyl groups is 1. The van der Waals surface area contributed by atoms with E-state index in [9.17, 15) is 31.5 Å². The fourth-order valence-electron chi connectivity index (χ4n) is 4.18. The van der Waals surface area contributed by atoms with E-state index in [2.05, 4.69) is 25.5 Å². The van der Waals surface area contributed by atoms with Crippen LogP contribution in [-0.4, -0.2) is 78.0 Å².